The molecule has 0 unspecified atom stereocenters. The van der Waals surface area contributed by atoms with Crippen LogP contribution in [0.5, 0.6) is 0 Å². The van der Waals surface area contributed by atoms with Crippen molar-refractivity contribution in [3.63, 3.8) is 0 Å². The molecule has 1 aromatic rings. The van der Waals surface area contributed by atoms with E-state index in [2.05, 4.69) is 5.32 Å². The van der Waals surface area contributed by atoms with Gasteiger partial charge in [0.25, 0.3) is 11.6 Å². The molecule has 7 heteroatoms. The fourth-order valence-electron chi connectivity index (χ4n) is 2.17. The van der Waals surface area contributed by atoms with Gasteiger partial charge >= 0.3 is 0 Å². The molecule has 1 N–H and O–H groups in total. The van der Waals surface area contributed by atoms with E-state index in [0.29, 0.717) is 30.9 Å². The average molecular weight is 309 g/mol. The van der Waals surface area contributed by atoms with Gasteiger partial charge in [-0.05, 0) is 18.6 Å². The predicted octanol–water partition coefficient (Wildman–Crippen LogP) is 2.61. The highest BCUT2D eigenvalue weighted by Gasteiger charge is 2.22. The highest BCUT2D eigenvalue weighted by atomic mass is 32.2. The smallest absolute Gasteiger partial charge is 0.293 e. The van der Waals surface area contributed by atoms with E-state index >= 15 is 0 Å². The minimum Gasteiger partial charge on any atom is -0.380 e. The van der Waals surface area contributed by atoms with Gasteiger partial charge in [-0.15, -0.1) is 0 Å². The minimum atomic E-state index is -0.444. The Morgan fingerprint density at radius 2 is 2.14 bits per heavy atom. The van der Waals surface area contributed by atoms with Crippen LogP contribution >= 0.6 is 11.8 Å². The molecule has 1 aliphatic heterocycles. The quantitative estimate of drug-likeness (QED) is 0.668. The summed E-state index contributed by atoms with van der Waals surface area (Å²) >= 11 is 1.82. The second-order valence-electron chi connectivity index (χ2n) is 4.82. The molecule has 2 rings (SSSR count). The largest absolute Gasteiger partial charge is 0.380 e. The fraction of sp³-hybridized carbons (Fsp3) is 0.500. The van der Waals surface area contributed by atoms with Crippen LogP contribution < -0.4 is 5.32 Å². The Hall–Kier alpha value is -1.76. The first-order valence-electron chi connectivity index (χ1n) is 7.02. The van der Waals surface area contributed by atoms with Gasteiger partial charge in [0, 0.05) is 42.8 Å². The number of thioether (sulfide) groups is 1. The second kappa shape index (κ2) is 7.31. The molecule has 1 saturated heterocycles. The molecule has 1 aromatic carbocycles. The average Bonchev–Trinajstić information content (AvgIpc) is 2.52. The summed E-state index contributed by atoms with van der Waals surface area (Å²) in [4.78, 5) is 24.9. The van der Waals surface area contributed by atoms with Crippen molar-refractivity contribution in [3.8, 4) is 0 Å². The zero-order valence-electron chi connectivity index (χ0n) is 12.0. The van der Waals surface area contributed by atoms with Crippen LogP contribution in [0.15, 0.2) is 18.2 Å². The van der Waals surface area contributed by atoms with Crippen molar-refractivity contribution < 1.29 is 9.72 Å². The lowest BCUT2D eigenvalue weighted by molar-refractivity contribution is -0.384. The Kier molecular flexibility index (Phi) is 5.44. The van der Waals surface area contributed by atoms with Gasteiger partial charge in [-0.25, -0.2) is 0 Å². The number of hydrogen-bond acceptors (Lipinski definition) is 5. The molecule has 114 valence electrons. The summed E-state index contributed by atoms with van der Waals surface area (Å²) in [6.07, 6.45) is 0.878. The second-order valence-corrected chi connectivity index (χ2v) is 6.05. The maximum absolute atomic E-state index is 12.4. The molecular formula is C14H19N3O3S. The third kappa shape index (κ3) is 3.87. The maximum Gasteiger partial charge on any atom is 0.293 e. The van der Waals surface area contributed by atoms with E-state index in [0.717, 1.165) is 17.9 Å². The predicted molar refractivity (Wildman–Crippen MR) is 85.1 cm³/mol. The van der Waals surface area contributed by atoms with Gasteiger partial charge in [-0.2, -0.15) is 11.8 Å². The molecular weight excluding hydrogens is 290 g/mol. The Morgan fingerprint density at radius 1 is 1.43 bits per heavy atom. The highest BCUT2D eigenvalue weighted by Crippen LogP contribution is 2.26. The van der Waals surface area contributed by atoms with Gasteiger partial charge in [0.1, 0.15) is 5.69 Å². The molecule has 1 fully saturated rings. The number of amides is 1. The molecule has 1 amide bonds. The molecule has 0 spiro atoms. The first-order valence-corrected chi connectivity index (χ1v) is 8.18. The summed E-state index contributed by atoms with van der Waals surface area (Å²) in [5.74, 6) is 1.72. The lowest BCUT2D eigenvalue weighted by atomic mass is 10.1. The number of anilines is 1. The maximum atomic E-state index is 12.4. The molecule has 0 saturated carbocycles. The highest BCUT2D eigenvalue weighted by molar-refractivity contribution is 7.99. The van der Waals surface area contributed by atoms with Crippen LogP contribution in [0.3, 0.4) is 0 Å². The number of rotatable bonds is 5. The molecule has 0 aromatic heterocycles. The number of nitro groups is 1. The van der Waals surface area contributed by atoms with E-state index in [1.807, 2.05) is 18.7 Å². The monoisotopic (exact) mass is 309 g/mol. The number of nitrogens with one attached hydrogen (secondary N) is 1. The summed E-state index contributed by atoms with van der Waals surface area (Å²) in [6, 6.07) is 4.66. The zero-order chi connectivity index (χ0) is 15.2. The number of hydrogen-bond donors (Lipinski definition) is 1. The van der Waals surface area contributed by atoms with E-state index in [-0.39, 0.29) is 11.6 Å². The molecule has 21 heavy (non-hydrogen) atoms. The molecule has 0 aliphatic carbocycles. The van der Waals surface area contributed by atoms with Crippen molar-refractivity contribution in [1.29, 1.82) is 0 Å². The summed E-state index contributed by atoms with van der Waals surface area (Å²) in [5, 5.41) is 14.2. The first-order chi connectivity index (χ1) is 10.1. The first kappa shape index (κ1) is 15.6. The normalized spacial score (nSPS) is 14.8. The van der Waals surface area contributed by atoms with Crippen molar-refractivity contribution >= 4 is 29.0 Å². The summed E-state index contributed by atoms with van der Waals surface area (Å²) in [5.41, 5.74) is 0.809. The Balaban J connectivity index is 2.22. The zero-order valence-corrected chi connectivity index (χ0v) is 12.8. The minimum absolute atomic E-state index is 0.0410. The Bertz CT molecular complexity index is 530. The summed E-state index contributed by atoms with van der Waals surface area (Å²) in [7, 11) is 0. The number of carbonyl (C=O) groups excluding carboxylic acids is 1. The van der Waals surface area contributed by atoms with Crippen molar-refractivity contribution in [2.75, 3.05) is 36.5 Å². The standard InChI is InChI=1S/C14H19N3O3S/c1-2-5-15-12-4-3-11(10-13(12)17(19)20)14(18)16-6-8-21-9-7-16/h3-4,10,15H,2,5-9H2,1H3. The fourth-order valence-corrected chi connectivity index (χ4v) is 3.08. The van der Waals surface area contributed by atoms with Crippen LogP contribution in [0, 0.1) is 10.1 Å². The number of benzene rings is 1. The molecule has 0 bridgehead atoms. The van der Waals surface area contributed by atoms with Gasteiger partial charge in [0.15, 0.2) is 0 Å². The number of carbonyl (C=O) groups is 1. The van der Waals surface area contributed by atoms with Gasteiger partial charge < -0.3 is 10.2 Å². The van der Waals surface area contributed by atoms with Crippen molar-refractivity contribution in [3.05, 3.63) is 33.9 Å². The van der Waals surface area contributed by atoms with Crippen LogP contribution in [0.25, 0.3) is 0 Å². The van der Waals surface area contributed by atoms with Crippen LogP contribution in [-0.4, -0.2) is 46.9 Å². The molecule has 6 nitrogen and oxygen atoms in total. The van der Waals surface area contributed by atoms with E-state index in [4.69, 9.17) is 0 Å². The van der Waals surface area contributed by atoms with Crippen LogP contribution in [0.1, 0.15) is 23.7 Å². The van der Waals surface area contributed by atoms with Crippen molar-refractivity contribution in [2.45, 2.75) is 13.3 Å². The van der Waals surface area contributed by atoms with Crippen LogP contribution in [0.4, 0.5) is 11.4 Å². The Labute approximate surface area is 128 Å². The van der Waals surface area contributed by atoms with Gasteiger partial charge in [-0.1, -0.05) is 6.92 Å². The third-order valence-electron chi connectivity index (χ3n) is 3.31. The van der Waals surface area contributed by atoms with Crippen LogP contribution in [0.2, 0.25) is 0 Å². The van der Waals surface area contributed by atoms with Gasteiger partial charge in [0.05, 0.1) is 4.92 Å². The summed E-state index contributed by atoms with van der Waals surface area (Å²) in [6.45, 7) is 4.06. The summed E-state index contributed by atoms with van der Waals surface area (Å²) < 4.78 is 0. The SMILES string of the molecule is CCCNc1ccc(C(=O)N2CCSCC2)cc1[N+](=O)[O-]. The Morgan fingerprint density at radius 3 is 2.76 bits per heavy atom. The van der Waals surface area contributed by atoms with Gasteiger partial charge in [0.2, 0.25) is 0 Å². The molecule has 0 radical (unpaired) electrons. The topological polar surface area (TPSA) is 75.5 Å². The lowest BCUT2D eigenvalue weighted by Crippen LogP contribution is -2.37. The third-order valence-corrected chi connectivity index (χ3v) is 4.25. The lowest BCUT2D eigenvalue weighted by Gasteiger charge is -2.26. The molecule has 1 aliphatic rings. The number of nitro benzene ring substituents is 1. The van der Waals surface area contributed by atoms with E-state index in [1.165, 1.54) is 6.07 Å². The van der Waals surface area contributed by atoms with Gasteiger partial charge in [-0.3, -0.25) is 14.9 Å². The number of nitrogens with zero attached hydrogens (tertiary/aromatic N) is 2. The molecule has 1 heterocycles. The van der Waals surface area contributed by atoms with Crippen LogP contribution in [-0.2, 0) is 0 Å². The van der Waals surface area contributed by atoms with E-state index < -0.39 is 4.92 Å². The van der Waals surface area contributed by atoms with Crippen molar-refractivity contribution in [1.82, 2.24) is 4.90 Å². The molecule has 0 atom stereocenters. The van der Waals surface area contributed by atoms with E-state index in [9.17, 15) is 14.9 Å². The van der Waals surface area contributed by atoms with E-state index in [1.54, 1.807) is 17.0 Å². The van der Waals surface area contributed by atoms with Crippen molar-refractivity contribution in [2.24, 2.45) is 0 Å².